The molecule has 1 fully saturated rings. The lowest BCUT2D eigenvalue weighted by Gasteiger charge is -2.32. The van der Waals surface area contributed by atoms with Crippen molar-refractivity contribution >= 4 is 39.3 Å². The quantitative estimate of drug-likeness (QED) is 0.336. The van der Waals surface area contributed by atoms with E-state index in [1.54, 1.807) is 11.0 Å². The number of amides is 2. The Hall–Kier alpha value is -2.63. The molecule has 2 amide bonds. The summed E-state index contributed by atoms with van der Waals surface area (Å²) in [6.45, 7) is 0.339. The van der Waals surface area contributed by atoms with Crippen LogP contribution >= 0.6 is 27.5 Å². The summed E-state index contributed by atoms with van der Waals surface area (Å²) in [7, 11) is 0. The van der Waals surface area contributed by atoms with E-state index in [0.717, 1.165) is 46.8 Å². The molecule has 0 heterocycles. The molecule has 35 heavy (non-hydrogen) atoms. The second-order valence-corrected chi connectivity index (χ2v) is 10.4. The first-order chi connectivity index (χ1) is 17.0. The van der Waals surface area contributed by atoms with E-state index < -0.39 is 6.04 Å². The molecule has 0 unspecified atom stereocenters. The number of benzene rings is 3. The number of carbonyl (C=O) groups is 2. The summed E-state index contributed by atoms with van der Waals surface area (Å²) < 4.78 is 0.968. The van der Waals surface area contributed by atoms with E-state index in [1.807, 2.05) is 72.8 Å². The number of hydrogen-bond acceptors (Lipinski definition) is 2. The van der Waals surface area contributed by atoms with Gasteiger partial charge in [0.2, 0.25) is 11.8 Å². The van der Waals surface area contributed by atoms with E-state index >= 15 is 0 Å². The molecule has 3 aromatic carbocycles. The average molecular weight is 554 g/mol. The molecule has 1 saturated carbocycles. The third-order valence-electron chi connectivity index (χ3n) is 6.54. The van der Waals surface area contributed by atoms with Gasteiger partial charge in [0.15, 0.2) is 0 Å². The minimum absolute atomic E-state index is 0.0922. The highest BCUT2D eigenvalue weighted by Gasteiger charge is 2.32. The molecule has 0 saturated heterocycles. The van der Waals surface area contributed by atoms with Crippen molar-refractivity contribution in [2.45, 2.75) is 57.2 Å². The first kappa shape index (κ1) is 25.5. The number of nitrogens with zero attached hydrogens (tertiary/aromatic N) is 1. The van der Waals surface area contributed by atoms with Gasteiger partial charge in [-0.2, -0.15) is 0 Å². The number of carbonyl (C=O) groups excluding carboxylic acids is 2. The lowest BCUT2D eigenvalue weighted by Crippen LogP contribution is -2.52. The maximum atomic E-state index is 13.8. The fourth-order valence-electron chi connectivity index (χ4n) is 4.61. The summed E-state index contributed by atoms with van der Waals surface area (Å²) in [5, 5.41) is 3.79. The van der Waals surface area contributed by atoms with Gasteiger partial charge in [0, 0.05) is 28.5 Å². The highest BCUT2D eigenvalue weighted by molar-refractivity contribution is 9.10. The molecule has 0 aliphatic heterocycles. The molecule has 3 aromatic rings. The lowest BCUT2D eigenvalue weighted by molar-refractivity contribution is -0.141. The SMILES string of the molecule is O=C(NC1CCCC1)[C@H](Cc1ccccc1)N(Cc1ccc(Br)cc1)C(=O)Cc1ccccc1Cl. The summed E-state index contributed by atoms with van der Waals surface area (Å²) in [6, 6.07) is 24.7. The highest BCUT2D eigenvalue weighted by atomic mass is 79.9. The Labute approximate surface area is 220 Å². The highest BCUT2D eigenvalue weighted by Crippen LogP contribution is 2.22. The normalized spacial score (nSPS) is 14.5. The van der Waals surface area contributed by atoms with Crippen molar-refractivity contribution in [2.75, 3.05) is 0 Å². The van der Waals surface area contributed by atoms with Crippen LogP contribution in [0.4, 0.5) is 0 Å². The predicted molar refractivity (Wildman–Crippen MR) is 144 cm³/mol. The first-order valence-corrected chi connectivity index (χ1v) is 13.3. The van der Waals surface area contributed by atoms with Crippen molar-refractivity contribution in [1.82, 2.24) is 10.2 Å². The van der Waals surface area contributed by atoms with Crippen LogP contribution in [0, 0.1) is 0 Å². The zero-order chi connectivity index (χ0) is 24.6. The van der Waals surface area contributed by atoms with Gasteiger partial charge in [-0.1, -0.05) is 101 Å². The van der Waals surface area contributed by atoms with Gasteiger partial charge in [0.1, 0.15) is 6.04 Å². The molecule has 6 heteroatoms. The molecule has 1 N–H and O–H groups in total. The van der Waals surface area contributed by atoms with Crippen LogP contribution in [0.25, 0.3) is 0 Å². The Balaban J connectivity index is 1.66. The summed E-state index contributed by atoms with van der Waals surface area (Å²) in [5.74, 6) is -0.214. The fourth-order valence-corrected chi connectivity index (χ4v) is 5.08. The minimum Gasteiger partial charge on any atom is -0.352 e. The van der Waals surface area contributed by atoms with Crippen LogP contribution < -0.4 is 5.32 Å². The molecular formula is C29H30BrClN2O2. The van der Waals surface area contributed by atoms with Gasteiger partial charge in [-0.3, -0.25) is 9.59 Å². The van der Waals surface area contributed by atoms with Crippen LogP contribution in [0.15, 0.2) is 83.3 Å². The van der Waals surface area contributed by atoms with E-state index in [1.165, 1.54) is 0 Å². The summed E-state index contributed by atoms with van der Waals surface area (Å²) in [4.78, 5) is 29.2. The van der Waals surface area contributed by atoms with Crippen LogP contribution in [0.5, 0.6) is 0 Å². The molecule has 182 valence electrons. The second-order valence-electron chi connectivity index (χ2n) is 9.11. The van der Waals surface area contributed by atoms with Gasteiger partial charge in [0.25, 0.3) is 0 Å². The van der Waals surface area contributed by atoms with Crippen LogP contribution in [-0.2, 0) is 29.0 Å². The third kappa shape index (κ3) is 7.18. The monoisotopic (exact) mass is 552 g/mol. The Morgan fingerprint density at radius 1 is 0.914 bits per heavy atom. The van der Waals surface area contributed by atoms with E-state index in [2.05, 4.69) is 21.2 Å². The number of nitrogens with one attached hydrogen (secondary N) is 1. The summed E-state index contributed by atoms with van der Waals surface area (Å²) in [5.41, 5.74) is 2.74. The Morgan fingerprint density at radius 2 is 1.57 bits per heavy atom. The molecule has 0 aromatic heterocycles. The van der Waals surface area contributed by atoms with Crippen LogP contribution in [0.1, 0.15) is 42.4 Å². The molecule has 1 aliphatic carbocycles. The van der Waals surface area contributed by atoms with Gasteiger partial charge in [-0.25, -0.2) is 0 Å². The number of hydrogen-bond donors (Lipinski definition) is 1. The molecule has 4 nitrogen and oxygen atoms in total. The van der Waals surface area contributed by atoms with Gasteiger partial charge >= 0.3 is 0 Å². The standard InChI is InChI=1S/C29H30BrClN2O2/c30-24-16-14-22(15-17-24)20-33(28(34)19-23-10-4-7-13-26(23)31)27(18-21-8-2-1-3-9-21)29(35)32-25-11-5-6-12-25/h1-4,7-10,13-17,25,27H,5-6,11-12,18-20H2,(H,32,35)/t27-/m0/s1. The lowest BCUT2D eigenvalue weighted by atomic mass is 10.0. The zero-order valence-electron chi connectivity index (χ0n) is 19.6. The Morgan fingerprint density at radius 3 is 2.26 bits per heavy atom. The van der Waals surface area contributed by atoms with Crippen molar-refractivity contribution in [2.24, 2.45) is 0 Å². The van der Waals surface area contributed by atoms with Gasteiger partial charge in [0.05, 0.1) is 6.42 Å². The van der Waals surface area contributed by atoms with Gasteiger partial charge in [-0.05, 0) is 47.7 Å². The molecule has 0 spiro atoms. The van der Waals surface area contributed by atoms with Crippen LogP contribution in [0.2, 0.25) is 5.02 Å². The third-order valence-corrected chi connectivity index (χ3v) is 7.44. The average Bonchev–Trinajstić information content (AvgIpc) is 3.37. The first-order valence-electron chi connectivity index (χ1n) is 12.1. The van der Waals surface area contributed by atoms with Crippen molar-refractivity contribution in [3.8, 4) is 0 Å². The number of rotatable bonds is 9. The van der Waals surface area contributed by atoms with Crippen molar-refractivity contribution < 1.29 is 9.59 Å². The van der Waals surface area contributed by atoms with E-state index in [-0.39, 0.29) is 24.3 Å². The molecule has 1 atom stereocenters. The Kier molecular flexibility index (Phi) is 9.00. The maximum absolute atomic E-state index is 13.8. The second kappa shape index (κ2) is 12.4. The zero-order valence-corrected chi connectivity index (χ0v) is 22.0. The van der Waals surface area contributed by atoms with Crippen molar-refractivity contribution in [3.05, 3.63) is 105 Å². The Bertz CT molecular complexity index is 1130. The van der Waals surface area contributed by atoms with Crippen LogP contribution in [0.3, 0.4) is 0 Å². The largest absolute Gasteiger partial charge is 0.352 e. The van der Waals surface area contributed by atoms with E-state index in [4.69, 9.17) is 11.6 Å². The summed E-state index contributed by atoms with van der Waals surface area (Å²) >= 11 is 9.86. The fraction of sp³-hybridized carbons (Fsp3) is 0.310. The topological polar surface area (TPSA) is 49.4 Å². The number of halogens is 2. The van der Waals surface area contributed by atoms with Gasteiger partial charge in [-0.15, -0.1) is 0 Å². The van der Waals surface area contributed by atoms with Gasteiger partial charge < -0.3 is 10.2 Å². The van der Waals surface area contributed by atoms with Crippen molar-refractivity contribution in [1.29, 1.82) is 0 Å². The van der Waals surface area contributed by atoms with E-state index in [0.29, 0.717) is 18.0 Å². The molecular weight excluding hydrogens is 524 g/mol. The molecule has 1 aliphatic rings. The molecule has 4 rings (SSSR count). The van der Waals surface area contributed by atoms with Crippen molar-refractivity contribution in [3.63, 3.8) is 0 Å². The van der Waals surface area contributed by atoms with E-state index in [9.17, 15) is 9.59 Å². The predicted octanol–water partition coefficient (Wildman–Crippen LogP) is 6.34. The molecule has 0 radical (unpaired) electrons. The minimum atomic E-state index is -0.628. The maximum Gasteiger partial charge on any atom is 0.243 e. The van der Waals surface area contributed by atoms with Crippen LogP contribution in [-0.4, -0.2) is 28.8 Å². The smallest absolute Gasteiger partial charge is 0.243 e. The summed E-state index contributed by atoms with van der Waals surface area (Å²) in [6.07, 6.45) is 4.82. The molecule has 0 bridgehead atoms.